The van der Waals surface area contributed by atoms with Gasteiger partial charge in [-0.3, -0.25) is 10.2 Å². The number of methoxy groups -OCH3 is 1. The summed E-state index contributed by atoms with van der Waals surface area (Å²) in [6.07, 6.45) is 3.35. The first kappa shape index (κ1) is 22.0. The molecule has 0 saturated heterocycles. The molecule has 0 saturated carbocycles. The Balaban J connectivity index is 1.57. The highest BCUT2D eigenvalue weighted by molar-refractivity contribution is 7.13. The first-order valence-electron chi connectivity index (χ1n) is 9.31. The zero-order valence-electron chi connectivity index (χ0n) is 17.0. The molecule has 2 aromatic heterocycles. The lowest BCUT2D eigenvalue weighted by Crippen LogP contribution is -2.09. The second-order valence-corrected chi connectivity index (χ2v) is 6.90. The van der Waals surface area contributed by atoms with Crippen LogP contribution in [0.25, 0.3) is 0 Å². The zero-order chi connectivity index (χ0) is 22.1. The average molecular weight is 443 g/mol. The van der Waals surface area contributed by atoms with E-state index in [-0.39, 0.29) is 24.8 Å². The number of para-hydroxylation sites is 1. The van der Waals surface area contributed by atoms with Crippen molar-refractivity contribution in [3.63, 3.8) is 0 Å². The van der Waals surface area contributed by atoms with E-state index in [4.69, 9.17) is 9.47 Å². The van der Waals surface area contributed by atoms with E-state index in [0.29, 0.717) is 23.2 Å². The molecule has 162 valence electrons. The van der Waals surface area contributed by atoms with Crippen molar-refractivity contribution >= 4 is 34.6 Å². The zero-order valence-corrected chi connectivity index (χ0v) is 17.8. The summed E-state index contributed by atoms with van der Waals surface area (Å²) in [5.41, 5.74) is 4.40. The third-order valence-corrected chi connectivity index (χ3v) is 4.65. The fourth-order valence-electron chi connectivity index (χ4n) is 2.46. The number of hydrogen-bond donors (Lipinski definition) is 1. The van der Waals surface area contributed by atoms with Gasteiger partial charge in [0.15, 0.2) is 12.4 Å². The second kappa shape index (κ2) is 10.9. The van der Waals surface area contributed by atoms with Gasteiger partial charge in [0.1, 0.15) is 5.75 Å². The van der Waals surface area contributed by atoms with Crippen LogP contribution in [-0.4, -0.2) is 46.6 Å². The number of hydrogen-bond acceptors (Lipinski definition) is 10. The van der Waals surface area contributed by atoms with E-state index in [0.717, 1.165) is 5.56 Å². The number of nitrogens with one attached hydrogen (secondary N) is 1. The Bertz CT molecular complexity index is 1060. The number of esters is 2. The second-order valence-electron chi connectivity index (χ2n) is 6.04. The number of carbonyl (C=O) groups excluding carboxylic acids is 2. The van der Waals surface area contributed by atoms with Crippen molar-refractivity contribution in [1.82, 2.24) is 14.8 Å². The van der Waals surface area contributed by atoms with E-state index in [1.807, 2.05) is 18.2 Å². The highest BCUT2D eigenvalue weighted by Gasteiger charge is 2.10. The number of ether oxygens (including phenoxy) is 3. The molecule has 31 heavy (non-hydrogen) atoms. The SMILES string of the molecule is CCOC(=O)Cc1csc(NN=Cc2ccccc2OCn2ccc(C(=O)OC)n2)n1. The number of rotatable bonds is 10. The Morgan fingerprint density at radius 1 is 1.29 bits per heavy atom. The number of carbonyl (C=O) groups is 2. The average Bonchev–Trinajstić information content (AvgIpc) is 3.42. The normalized spacial score (nSPS) is 10.8. The summed E-state index contributed by atoms with van der Waals surface area (Å²) in [7, 11) is 1.30. The largest absolute Gasteiger partial charge is 0.471 e. The Kier molecular flexibility index (Phi) is 7.71. The molecule has 3 rings (SSSR count). The van der Waals surface area contributed by atoms with E-state index >= 15 is 0 Å². The van der Waals surface area contributed by atoms with Crippen LogP contribution in [0.1, 0.15) is 28.7 Å². The minimum atomic E-state index is -0.509. The molecule has 1 N–H and O–H groups in total. The summed E-state index contributed by atoms with van der Waals surface area (Å²) < 4.78 is 16.8. The van der Waals surface area contributed by atoms with Gasteiger partial charge >= 0.3 is 11.9 Å². The third-order valence-electron chi connectivity index (χ3n) is 3.85. The number of nitrogens with zero attached hydrogens (tertiary/aromatic N) is 4. The molecule has 0 atom stereocenters. The minimum absolute atomic E-state index is 0.110. The van der Waals surface area contributed by atoms with Crippen LogP contribution in [0.2, 0.25) is 0 Å². The number of hydrazone groups is 1. The fraction of sp³-hybridized carbons (Fsp3) is 0.250. The van der Waals surface area contributed by atoms with Gasteiger partial charge in [-0.1, -0.05) is 12.1 Å². The van der Waals surface area contributed by atoms with Crippen molar-refractivity contribution < 1.29 is 23.8 Å². The molecule has 0 aliphatic carbocycles. The van der Waals surface area contributed by atoms with Crippen molar-refractivity contribution in [3.05, 3.63) is 58.9 Å². The van der Waals surface area contributed by atoms with E-state index in [2.05, 4.69) is 25.3 Å². The summed E-state index contributed by atoms with van der Waals surface area (Å²) in [5, 5.41) is 10.6. The summed E-state index contributed by atoms with van der Waals surface area (Å²) in [4.78, 5) is 27.3. The Morgan fingerprint density at radius 2 is 2.13 bits per heavy atom. The van der Waals surface area contributed by atoms with Gasteiger partial charge in [0.2, 0.25) is 5.13 Å². The molecule has 0 bridgehead atoms. The Labute approximate surface area is 182 Å². The molecular formula is C20H21N5O5S. The van der Waals surface area contributed by atoms with Gasteiger partial charge in [-0.15, -0.1) is 11.3 Å². The lowest BCUT2D eigenvalue weighted by molar-refractivity contribution is -0.142. The first-order chi connectivity index (χ1) is 15.1. The van der Waals surface area contributed by atoms with E-state index < -0.39 is 5.97 Å². The molecule has 0 radical (unpaired) electrons. The monoisotopic (exact) mass is 443 g/mol. The van der Waals surface area contributed by atoms with Crippen molar-refractivity contribution in [1.29, 1.82) is 0 Å². The van der Waals surface area contributed by atoms with Gasteiger partial charge in [-0.2, -0.15) is 10.2 Å². The third kappa shape index (κ3) is 6.37. The number of benzene rings is 1. The molecule has 0 spiro atoms. The topological polar surface area (TPSA) is 117 Å². The molecule has 1 aromatic carbocycles. The molecule has 10 nitrogen and oxygen atoms in total. The molecule has 0 aliphatic heterocycles. The molecular weight excluding hydrogens is 422 g/mol. The Morgan fingerprint density at radius 3 is 2.94 bits per heavy atom. The van der Waals surface area contributed by atoms with Gasteiger partial charge in [-0.05, 0) is 25.1 Å². The maximum atomic E-state index is 11.5. The Hall–Kier alpha value is -3.73. The molecule has 0 fully saturated rings. The van der Waals surface area contributed by atoms with E-state index in [9.17, 15) is 9.59 Å². The lowest BCUT2D eigenvalue weighted by Gasteiger charge is -2.08. The highest BCUT2D eigenvalue weighted by atomic mass is 32.1. The van der Waals surface area contributed by atoms with Gasteiger partial charge in [0.05, 0.1) is 32.0 Å². The summed E-state index contributed by atoms with van der Waals surface area (Å²) in [6.45, 7) is 2.21. The maximum Gasteiger partial charge on any atom is 0.358 e. The van der Waals surface area contributed by atoms with Crippen LogP contribution >= 0.6 is 11.3 Å². The van der Waals surface area contributed by atoms with Gasteiger partial charge < -0.3 is 14.2 Å². The van der Waals surface area contributed by atoms with Crippen LogP contribution in [0.4, 0.5) is 5.13 Å². The van der Waals surface area contributed by atoms with Gasteiger partial charge in [-0.25, -0.2) is 14.5 Å². The smallest absolute Gasteiger partial charge is 0.358 e. The fourth-order valence-corrected chi connectivity index (χ4v) is 3.12. The van der Waals surface area contributed by atoms with Crippen molar-refractivity contribution in [3.8, 4) is 5.75 Å². The quantitative estimate of drug-likeness (QED) is 0.289. The van der Waals surface area contributed by atoms with Crippen LogP contribution < -0.4 is 10.2 Å². The summed E-state index contributed by atoms with van der Waals surface area (Å²) in [5.74, 6) is -0.236. The maximum absolute atomic E-state index is 11.5. The van der Waals surface area contributed by atoms with Gasteiger partial charge in [0.25, 0.3) is 0 Å². The predicted octanol–water partition coefficient (Wildman–Crippen LogP) is 2.71. The molecule has 0 aliphatic rings. The lowest BCUT2D eigenvalue weighted by atomic mass is 10.2. The van der Waals surface area contributed by atoms with Gasteiger partial charge in [0, 0.05) is 17.1 Å². The molecule has 3 aromatic rings. The first-order valence-corrected chi connectivity index (χ1v) is 10.2. The molecule has 11 heteroatoms. The molecule has 0 amide bonds. The van der Waals surface area contributed by atoms with Crippen LogP contribution in [0.15, 0.2) is 47.0 Å². The highest BCUT2D eigenvalue weighted by Crippen LogP contribution is 2.18. The van der Waals surface area contributed by atoms with Crippen molar-refractivity contribution in [2.24, 2.45) is 5.10 Å². The molecule has 0 unspecified atom stereocenters. The van der Waals surface area contributed by atoms with Crippen LogP contribution in [0, 0.1) is 0 Å². The number of anilines is 1. The summed E-state index contributed by atoms with van der Waals surface area (Å²) in [6, 6.07) is 8.89. The standard InChI is InChI=1S/C20H21N5O5S/c1-3-29-18(26)10-15-12-31-20(22-15)23-21-11-14-6-4-5-7-17(14)30-13-25-9-8-16(24-25)19(27)28-2/h4-9,11-12H,3,10,13H2,1-2H3,(H,22,23). The van der Waals surface area contributed by atoms with E-state index in [1.54, 1.807) is 36.8 Å². The van der Waals surface area contributed by atoms with Crippen molar-refractivity contribution in [2.75, 3.05) is 19.1 Å². The minimum Gasteiger partial charge on any atom is -0.471 e. The number of aromatic nitrogens is 3. The van der Waals surface area contributed by atoms with Crippen molar-refractivity contribution in [2.45, 2.75) is 20.1 Å². The van der Waals surface area contributed by atoms with E-state index in [1.165, 1.54) is 23.1 Å². The van der Waals surface area contributed by atoms with Crippen LogP contribution in [0.5, 0.6) is 5.75 Å². The predicted molar refractivity (Wildman–Crippen MR) is 114 cm³/mol. The van der Waals surface area contributed by atoms with Crippen LogP contribution in [0.3, 0.4) is 0 Å². The number of thiazole rings is 1. The van der Waals surface area contributed by atoms with Crippen LogP contribution in [-0.2, 0) is 27.4 Å². The molecule has 2 heterocycles. The summed E-state index contributed by atoms with van der Waals surface area (Å²) >= 11 is 1.34.